The summed E-state index contributed by atoms with van der Waals surface area (Å²) in [5, 5.41) is 0. The molecule has 0 amide bonds. The third kappa shape index (κ3) is 4.17. The molecule has 0 aliphatic rings. The van der Waals surface area contributed by atoms with Crippen LogP contribution in [0.5, 0.6) is 0 Å². The predicted molar refractivity (Wildman–Crippen MR) is 47.8 cm³/mol. The number of thiol groups is 1. The van der Waals surface area contributed by atoms with Crippen molar-refractivity contribution in [2.45, 2.75) is 18.2 Å². The molecule has 0 aromatic heterocycles. The van der Waals surface area contributed by atoms with Gasteiger partial charge in [0.05, 0.1) is 6.61 Å². The Morgan fingerprint density at radius 1 is 1.80 bits per heavy atom. The van der Waals surface area contributed by atoms with Crippen molar-refractivity contribution in [1.29, 1.82) is 0 Å². The van der Waals surface area contributed by atoms with Crippen LogP contribution in [0.2, 0.25) is 0 Å². The van der Waals surface area contributed by atoms with E-state index in [4.69, 9.17) is 4.74 Å². The van der Waals surface area contributed by atoms with Gasteiger partial charge in [0.2, 0.25) is 0 Å². The number of carbonyl (C=O) groups excluding carboxylic acids is 1. The second kappa shape index (κ2) is 6.04. The van der Waals surface area contributed by atoms with Crippen molar-refractivity contribution >= 4 is 34.5 Å². The maximum atomic E-state index is 10.8. The fourth-order valence-corrected chi connectivity index (χ4v) is 1.44. The highest BCUT2D eigenvalue weighted by molar-refractivity contribution is 9.10. The molecule has 0 aliphatic heterocycles. The number of halogens is 1. The first-order valence-electron chi connectivity index (χ1n) is 3.14. The van der Waals surface area contributed by atoms with Crippen molar-refractivity contribution in [2.75, 3.05) is 12.4 Å². The molecule has 0 rings (SSSR count). The van der Waals surface area contributed by atoms with E-state index in [0.29, 0.717) is 18.8 Å². The summed E-state index contributed by atoms with van der Waals surface area (Å²) < 4.78 is 4.74. The molecule has 0 aliphatic carbocycles. The van der Waals surface area contributed by atoms with E-state index in [2.05, 4.69) is 28.6 Å². The average Bonchev–Trinajstić information content (AvgIpc) is 1.89. The van der Waals surface area contributed by atoms with E-state index < -0.39 is 0 Å². The Bertz CT molecular complexity index is 108. The Kier molecular flexibility index (Phi) is 6.22. The maximum absolute atomic E-state index is 10.8. The SMILES string of the molecule is CCOC(=O)C(Br)CCS. The van der Waals surface area contributed by atoms with Gasteiger partial charge < -0.3 is 4.74 Å². The van der Waals surface area contributed by atoms with Crippen LogP contribution in [0.25, 0.3) is 0 Å². The third-order valence-electron chi connectivity index (χ3n) is 0.925. The number of rotatable bonds is 4. The van der Waals surface area contributed by atoms with E-state index in [1.54, 1.807) is 6.92 Å². The number of alkyl halides is 1. The minimum absolute atomic E-state index is 0.190. The number of ether oxygens (including phenoxy) is 1. The van der Waals surface area contributed by atoms with Gasteiger partial charge in [0.15, 0.2) is 0 Å². The van der Waals surface area contributed by atoms with Gasteiger partial charge in [-0.15, -0.1) is 0 Å². The molecule has 0 aromatic carbocycles. The van der Waals surface area contributed by atoms with E-state index in [1.165, 1.54) is 0 Å². The van der Waals surface area contributed by atoms with Crippen LogP contribution >= 0.6 is 28.6 Å². The molecule has 0 N–H and O–H groups in total. The lowest BCUT2D eigenvalue weighted by Gasteiger charge is -2.05. The smallest absolute Gasteiger partial charge is 0.319 e. The highest BCUT2D eigenvalue weighted by Gasteiger charge is 2.13. The normalized spacial score (nSPS) is 12.7. The van der Waals surface area contributed by atoms with Crippen LogP contribution in [0, 0.1) is 0 Å². The van der Waals surface area contributed by atoms with Crippen LogP contribution in [0.3, 0.4) is 0 Å². The van der Waals surface area contributed by atoms with E-state index in [1.807, 2.05) is 0 Å². The van der Waals surface area contributed by atoms with E-state index >= 15 is 0 Å². The highest BCUT2D eigenvalue weighted by atomic mass is 79.9. The summed E-state index contributed by atoms with van der Waals surface area (Å²) >= 11 is 7.17. The Balaban J connectivity index is 3.49. The molecule has 0 bridgehead atoms. The van der Waals surface area contributed by atoms with Crippen LogP contribution in [0.1, 0.15) is 13.3 Å². The zero-order valence-corrected chi connectivity index (χ0v) is 8.32. The lowest BCUT2D eigenvalue weighted by atomic mass is 10.3. The molecule has 0 radical (unpaired) electrons. The molecule has 60 valence electrons. The standard InChI is InChI=1S/C6H11BrO2S/c1-2-9-6(8)5(7)3-4-10/h5,10H,2-4H2,1H3. The molecule has 2 nitrogen and oxygen atoms in total. The van der Waals surface area contributed by atoms with Gasteiger partial charge in [0.1, 0.15) is 4.83 Å². The van der Waals surface area contributed by atoms with Crippen LogP contribution < -0.4 is 0 Å². The second-order valence-corrected chi connectivity index (χ2v) is 3.28. The number of hydrogen-bond acceptors (Lipinski definition) is 3. The molecular formula is C6H11BrO2S. The molecule has 0 heterocycles. The van der Waals surface area contributed by atoms with E-state index in [9.17, 15) is 4.79 Å². The van der Waals surface area contributed by atoms with Gasteiger partial charge in [-0.3, -0.25) is 4.79 Å². The summed E-state index contributed by atoms with van der Waals surface area (Å²) in [7, 11) is 0. The molecule has 4 heteroatoms. The van der Waals surface area contributed by atoms with Crippen LogP contribution in [-0.4, -0.2) is 23.2 Å². The van der Waals surface area contributed by atoms with Gasteiger partial charge in [-0.1, -0.05) is 15.9 Å². The molecule has 0 aromatic rings. The molecule has 1 unspecified atom stereocenters. The monoisotopic (exact) mass is 226 g/mol. The second-order valence-electron chi connectivity index (χ2n) is 1.73. The first kappa shape index (κ1) is 10.3. The first-order valence-corrected chi connectivity index (χ1v) is 4.68. The molecule has 0 saturated heterocycles. The zero-order chi connectivity index (χ0) is 7.98. The largest absolute Gasteiger partial charge is 0.465 e. The Morgan fingerprint density at radius 2 is 2.40 bits per heavy atom. The van der Waals surface area contributed by atoms with Crippen molar-refractivity contribution in [2.24, 2.45) is 0 Å². The Morgan fingerprint density at radius 3 is 2.80 bits per heavy atom. The summed E-state index contributed by atoms with van der Waals surface area (Å²) in [6, 6.07) is 0. The minimum atomic E-state index is -0.198. The fourth-order valence-electron chi connectivity index (χ4n) is 0.464. The maximum Gasteiger partial charge on any atom is 0.319 e. The van der Waals surface area contributed by atoms with Gasteiger partial charge in [-0.2, -0.15) is 12.6 Å². The lowest BCUT2D eigenvalue weighted by molar-refractivity contribution is -0.142. The minimum Gasteiger partial charge on any atom is -0.465 e. The molecule has 10 heavy (non-hydrogen) atoms. The van der Waals surface area contributed by atoms with Gasteiger partial charge >= 0.3 is 5.97 Å². The third-order valence-corrected chi connectivity index (χ3v) is 2.01. The van der Waals surface area contributed by atoms with Crippen molar-refractivity contribution in [1.82, 2.24) is 0 Å². The number of hydrogen-bond donors (Lipinski definition) is 1. The highest BCUT2D eigenvalue weighted by Crippen LogP contribution is 2.07. The number of esters is 1. The van der Waals surface area contributed by atoms with E-state index in [0.717, 1.165) is 0 Å². The quantitative estimate of drug-likeness (QED) is 0.449. The van der Waals surface area contributed by atoms with Crippen LogP contribution in [0.15, 0.2) is 0 Å². The lowest BCUT2D eigenvalue weighted by Crippen LogP contribution is -2.17. The van der Waals surface area contributed by atoms with Crippen molar-refractivity contribution in [3.8, 4) is 0 Å². The number of carbonyl (C=O) groups is 1. The van der Waals surface area contributed by atoms with Crippen LogP contribution in [-0.2, 0) is 9.53 Å². The summed E-state index contributed by atoms with van der Waals surface area (Å²) in [5.74, 6) is 0.492. The fraction of sp³-hybridized carbons (Fsp3) is 0.833. The summed E-state index contributed by atoms with van der Waals surface area (Å²) in [6.07, 6.45) is 0.710. The topological polar surface area (TPSA) is 26.3 Å². The van der Waals surface area contributed by atoms with Crippen molar-refractivity contribution in [3.05, 3.63) is 0 Å². The molecular weight excluding hydrogens is 216 g/mol. The summed E-state index contributed by atoms with van der Waals surface area (Å²) in [6.45, 7) is 2.23. The Labute approximate surface area is 74.9 Å². The zero-order valence-electron chi connectivity index (χ0n) is 5.84. The Hall–Kier alpha value is 0.300. The first-order chi connectivity index (χ1) is 4.72. The van der Waals surface area contributed by atoms with Crippen LogP contribution in [0.4, 0.5) is 0 Å². The van der Waals surface area contributed by atoms with Gasteiger partial charge in [0, 0.05) is 0 Å². The van der Waals surface area contributed by atoms with Crippen molar-refractivity contribution < 1.29 is 9.53 Å². The summed E-state index contributed by atoms with van der Waals surface area (Å²) in [4.78, 5) is 10.6. The van der Waals surface area contributed by atoms with Gasteiger partial charge in [-0.05, 0) is 19.1 Å². The molecule has 0 saturated carbocycles. The predicted octanol–water partition coefficient (Wildman–Crippen LogP) is 1.63. The molecule has 1 atom stereocenters. The molecule has 0 spiro atoms. The van der Waals surface area contributed by atoms with E-state index in [-0.39, 0.29) is 10.8 Å². The average molecular weight is 227 g/mol. The van der Waals surface area contributed by atoms with Gasteiger partial charge in [0.25, 0.3) is 0 Å². The molecule has 0 fully saturated rings. The van der Waals surface area contributed by atoms with Gasteiger partial charge in [-0.25, -0.2) is 0 Å². The summed E-state index contributed by atoms with van der Waals surface area (Å²) in [5.41, 5.74) is 0. The van der Waals surface area contributed by atoms with Crippen molar-refractivity contribution in [3.63, 3.8) is 0 Å².